The number of rotatable bonds is 4. The minimum atomic E-state index is -0.0918. The Bertz CT molecular complexity index is 476. The van der Waals surface area contributed by atoms with Crippen LogP contribution in [0.15, 0.2) is 24.3 Å². The van der Waals surface area contributed by atoms with Gasteiger partial charge in [0.05, 0.1) is 7.11 Å². The topological polar surface area (TPSA) is 61.8 Å². The summed E-state index contributed by atoms with van der Waals surface area (Å²) >= 11 is 0. The summed E-state index contributed by atoms with van der Waals surface area (Å²) in [5.41, 5.74) is 0.723. The van der Waals surface area contributed by atoms with Gasteiger partial charge in [0.15, 0.2) is 0 Å². The first-order valence-electron chi connectivity index (χ1n) is 7.43. The molecule has 2 N–H and O–H groups in total. The Morgan fingerprint density at radius 1 is 1.43 bits per heavy atom. The van der Waals surface area contributed by atoms with Crippen LogP contribution in [0.2, 0.25) is 0 Å². The number of likely N-dealkylation sites (tertiary alicyclic amines) is 1. The fraction of sp³-hybridized carbons (Fsp3) is 0.562. The smallest absolute Gasteiger partial charge is 0.321 e. The molecule has 0 spiro atoms. The zero-order valence-corrected chi connectivity index (χ0v) is 12.8. The second-order valence-electron chi connectivity index (χ2n) is 5.66. The van der Waals surface area contributed by atoms with Crippen LogP contribution in [0.1, 0.15) is 26.2 Å². The van der Waals surface area contributed by atoms with Gasteiger partial charge in [0.2, 0.25) is 0 Å². The number of carbonyl (C=O) groups excluding carboxylic acids is 1. The summed E-state index contributed by atoms with van der Waals surface area (Å²) in [6.45, 7) is 3.67. The fourth-order valence-electron chi connectivity index (χ4n) is 2.71. The Morgan fingerprint density at radius 2 is 2.14 bits per heavy atom. The van der Waals surface area contributed by atoms with Gasteiger partial charge in [-0.05, 0) is 36.8 Å². The molecule has 0 radical (unpaired) electrons. The van der Waals surface area contributed by atoms with Crippen molar-refractivity contribution in [3.05, 3.63) is 24.3 Å². The second kappa shape index (κ2) is 6.80. The van der Waals surface area contributed by atoms with Crippen molar-refractivity contribution in [2.24, 2.45) is 5.41 Å². The molecule has 1 aliphatic heterocycles. The maximum absolute atomic E-state index is 12.3. The Balaban J connectivity index is 1.93. The lowest BCUT2D eigenvalue weighted by Crippen LogP contribution is -2.46. The molecule has 0 bridgehead atoms. The maximum Gasteiger partial charge on any atom is 0.321 e. The van der Waals surface area contributed by atoms with Crippen molar-refractivity contribution in [1.29, 1.82) is 0 Å². The van der Waals surface area contributed by atoms with E-state index in [9.17, 15) is 9.90 Å². The number of amides is 2. The molecule has 5 heteroatoms. The molecular weight excluding hydrogens is 268 g/mol. The molecule has 21 heavy (non-hydrogen) atoms. The van der Waals surface area contributed by atoms with Crippen LogP contribution in [-0.2, 0) is 0 Å². The number of carbonyl (C=O) groups is 1. The van der Waals surface area contributed by atoms with Crippen LogP contribution in [0.3, 0.4) is 0 Å². The summed E-state index contributed by atoms with van der Waals surface area (Å²) in [4.78, 5) is 14.1. The van der Waals surface area contributed by atoms with Crippen molar-refractivity contribution >= 4 is 11.7 Å². The number of piperidine rings is 1. The van der Waals surface area contributed by atoms with Crippen molar-refractivity contribution in [3.63, 3.8) is 0 Å². The highest BCUT2D eigenvalue weighted by molar-refractivity contribution is 5.89. The Kier molecular flexibility index (Phi) is 5.07. The van der Waals surface area contributed by atoms with Crippen LogP contribution >= 0.6 is 0 Å². The van der Waals surface area contributed by atoms with Crippen molar-refractivity contribution in [2.75, 3.05) is 32.1 Å². The monoisotopic (exact) mass is 292 g/mol. The van der Waals surface area contributed by atoms with Gasteiger partial charge in [0.1, 0.15) is 5.75 Å². The molecule has 0 aromatic heterocycles. The lowest BCUT2D eigenvalue weighted by Gasteiger charge is -2.40. The first kappa shape index (κ1) is 15.6. The van der Waals surface area contributed by atoms with Crippen LogP contribution in [0.4, 0.5) is 10.5 Å². The third-order valence-electron chi connectivity index (χ3n) is 4.52. The molecule has 0 aliphatic carbocycles. The normalized spacial score (nSPS) is 17.4. The molecule has 116 valence electrons. The largest absolute Gasteiger partial charge is 0.497 e. The van der Waals surface area contributed by atoms with Gasteiger partial charge in [0, 0.05) is 31.5 Å². The number of hydrogen-bond donors (Lipinski definition) is 2. The molecule has 2 rings (SSSR count). The number of nitrogens with zero attached hydrogens (tertiary/aromatic N) is 1. The number of aliphatic hydroxyl groups excluding tert-OH is 1. The van der Waals surface area contributed by atoms with Gasteiger partial charge in [-0.15, -0.1) is 0 Å². The van der Waals surface area contributed by atoms with Crippen molar-refractivity contribution in [2.45, 2.75) is 26.2 Å². The van der Waals surface area contributed by atoms with Crippen molar-refractivity contribution < 1.29 is 14.6 Å². The van der Waals surface area contributed by atoms with Gasteiger partial charge >= 0.3 is 6.03 Å². The van der Waals surface area contributed by atoms with Crippen LogP contribution in [0.5, 0.6) is 5.75 Å². The minimum absolute atomic E-state index is 0.00720. The summed E-state index contributed by atoms with van der Waals surface area (Å²) < 4.78 is 5.15. The molecule has 1 fully saturated rings. The Morgan fingerprint density at radius 3 is 2.71 bits per heavy atom. The van der Waals surface area contributed by atoms with Gasteiger partial charge in [-0.1, -0.05) is 13.0 Å². The molecule has 0 atom stereocenters. The highest BCUT2D eigenvalue weighted by Gasteiger charge is 2.33. The third-order valence-corrected chi connectivity index (χ3v) is 4.52. The number of methoxy groups -OCH3 is 1. The van der Waals surface area contributed by atoms with Crippen molar-refractivity contribution in [3.8, 4) is 5.75 Å². The van der Waals surface area contributed by atoms with Crippen molar-refractivity contribution in [1.82, 2.24) is 4.90 Å². The first-order valence-corrected chi connectivity index (χ1v) is 7.43. The Labute approximate surface area is 125 Å². The number of anilines is 1. The van der Waals surface area contributed by atoms with E-state index in [1.54, 1.807) is 13.2 Å². The van der Waals surface area contributed by atoms with E-state index in [0.717, 1.165) is 30.7 Å². The maximum atomic E-state index is 12.3. The summed E-state index contributed by atoms with van der Waals surface area (Å²) in [6, 6.07) is 7.23. The van der Waals surface area contributed by atoms with Gasteiger partial charge in [-0.25, -0.2) is 4.79 Å². The van der Waals surface area contributed by atoms with Crippen LogP contribution < -0.4 is 10.1 Å². The van der Waals surface area contributed by atoms with Gasteiger partial charge in [-0.2, -0.15) is 0 Å². The van der Waals surface area contributed by atoms with Gasteiger partial charge in [-0.3, -0.25) is 0 Å². The molecule has 1 aliphatic rings. The molecule has 0 unspecified atom stereocenters. The predicted molar refractivity (Wildman–Crippen MR) is 82.6 cm³/mol. The first-order chi connectivity index (χ1) is 10.1. The molecule has 1 aromatic carbocycles. The summed E-state index contributed by atoms with van der Waals surface area (Å²) in [5, 5.41) is 12.4. The quantitative estimate of drug-likeness (QED) is 0.897. The number of nitrogens with one attached hydrogen (secondary N) is 1. The number of ether oxygens (including phenoxy) is 1. The summed E-state index contributed by atoms with van der Waals surface area (Å²) in [5.74, 6) is 0.719. The van der Waals surface area contributed by atoms with E-state index in [0.29, 0.717) is 13.1 Å². The number of hydrogen-bond acceptors (Lipinski definition) is 3. The fourth-order valence-corrected chi connectivity index (χ4v) is 2.71. The number of benzene rings is 1. The molecule has 1 saturated heterocycles. The molecule has 0 saturated carbocycles. The zero-order valence-electron chi connectivity index (χ0n) is 12.8. The second-order valence-corrected chi connectivity index (χ2v) is 5.66. The Hall–Kier alpha value is -1.75. The van der Waals surface area contributed by atoms with E-state index in [1.807, 2.05) is 23.1 Å². The van der Waals surface area contributed by atoms with Crippen LogP contribution in [0.25, 0.3) is 0 Å². The van der Waals surface area contributed by atoms with E-state index in [4.69, 9.17) is 4.74 Å². The predicted octanol–water partition coefficient (Wildman–Crippen LogP) is 2.71. The summed E-state index contributed by atoms with van der Waals surface area (Å²) in [6.07, 6.45) is 2.66. The number of aliphatic hydroxyl groups is 1. The third kappa shape index (κ3) is 3.67. The van der Waals surface area contributed by atoms with Crippen LogP contribution in [-0.4, -0.2) is 42.8 Å². The molecule has 5 nitrogen and oxygen atoms in total. The minimum Gasteiger partial charge on any atom is -0.497 e. The van der Waals surface area contributed by atoms with Gasteiger partial charge < -0.3 is 20.1 Å². The number of urea groups is 1. The summed E-state index contributed by atoms with van der Waals surface area (Å²) in [7, 11) is 1.60. The lowest BCUT2D eigenvalue weighted by atomic mass is 9.77. The molecule has 2 amide bonds. The molecule has 1 aromatic rings. The molecule has 1 heterocycles. The highest BCUT2D eigenvalue weighted by atomic mass is 16.5. The van der Waals surface area contributed by atoms with Crippen LogP contribution in [0, 0.1) is 5.41 Å². The highest BCUT2D eigenvalue weighted by Crippen LogP contribution is 2.34. The van der Waals surface area contributed by atoms with E-state index in [1.165, 1.54) is 0 Å². The average Bonchev–Trinajstić information content (AvgIpc) is 2.55. The van der Waals surface area contributed by atoms with E-state index >= 15 is 0 Å². The molecular formula is C16H24N2O3. The average molecular weight is 292 g/mol. The van der Waals surface area contributed by atoms with Gasteiger partial charge in [0.25, 0.3) is 0 Å². The van der Waals surface area contributed by atoms with E-state index < -0.39 is 0 Å². The van der Waals surface area contributed by atoms with E-state index in [2.05, 4.69) is 12.2 Å². The lowest BCUT2D eigenvalue weighted by molar-refractivity contribution is 0.0542. The zero-order chi connectivity index (χ0) is 15.3. The standard InChI is InChI=1S/C16H24N2O3/c1-3-16(12-19)7-9-18(10-8-16)15(20)17-13-5-4-6-14(11-13)21-2/h4-6,11,19H,3,7-10,12H2,1-2H3,(H,17,20). The SMILES string of the molecule is CCC1(CO)CCN(C(=O)Nc2cccc(OC)c2)CC1. The van der Waals surface area contributed by atoms with E-state index in [-0.39, 0.29) is 18.1 Å².